The molecule has 0 radical (unpaired) electrons. The smallest absolute Gasteiger partial charge is 0.177 e. The first-order valence-corrected chi connectivity index (χ1v) is 6.19. The zero-order chi connectivity index (χ0) is 13.4. The molecular weight excluding hydrogens is 250 g/mol. The second-order valence-electron chi connectivity index (χ2n) is 3.52. The van der Waals surface area contributed by atoms with Crippen molar-refractivity contribution in [1.29, 1.82) is 5.26 Å². The number of hydrogen-bond acceptors (Lipinski definition) is 3. The first kappa shape index (κ1) is 14.7. The van der Waals surface area contributed by atoms with Crippen molar-refractivity contribution >= 4 is 17.7 Å². The molecule has 0 aliphatic rings. The molecule has 1 rings (SSSR count). The molecule has 0 amide bonds. The highest BCUT2D eigenvalue weighted by atomic mass is 35.5. The van der Waals surface area contributed by atoms with Gasteiger partial charge in [-0.05, 0) is 43.7 Å². The fourth-order valence-corrected chi connectivity index (χ4v) is 1.69. The fourth-order valence-electron chi connectivity index (χ4n) is 1.45. The maximum Gasteiger partial charge on any atom is 0.177 e. The van der Waals surface area contributed by atoms with E-state index in [9.17, 15) is 0 Å². The molecule has 0 aliphatic carbocycles. The van der Waals surface area contributed by atoms with E-state index in [1.807, 2.05) is 19.9 Å². The van der Waals surface area contributed by atoms with Gasteiger partial charge in [-0.3, -0.25) is 0 Å². The van der Waals surface area contributed by atoms with E-state index in [0.29, 0.717) is 23.8 Å². The van der Waals surface area contributed by atoms with E-state index in [2.05, 4.69) is 6.07 Å². The summed E-state index contributed by atoms with van der Waals surface area (Å²) < 4.78 is 10.8. The normalized spacial score (nSPS) is 11.1. The Morgan fingerprint density at radius 2 is 1.94 bits per heavy atom. The van der Waals surface area contributed by atoms with E-state index in [1.165, 1.54) is 0 Å². The van der Waals surface area contributed by atoms with Gasteiger partial charge in [0.15, 0.2) is 6.29 Å². The first-order valence-electron chi connectivity index (χ1n) is 5.81. The molecule has 0 aliphatic heterocycles. The highest BCUT2D eigenvalue weighted by Crippen LogP contribution is 2.16. The number of rotatable bonds is 6. The Hall–Kier alpha value is -1.34. The van der Waals surface area contributed by atoms with Gasteiger partial charge in [0.1, 0.15) is 0 Å². The van der Waals surface area contributed by atoms with Crippen molar-refractivity contribution in [3.05, 3.63) is 40.4 Å². The summed E-state index contributed by atoms with van der Waals surface area (Å²) in [7, 11) is 0. The van der Waals surface area contributed by atoms with Gasteiger partial charge in [-0.2, -0.15) is 5.26 Å². The maximum absolute atomic E-state index is 8.85. The van der Waals surface area contributed by atoms with Gasteiger partial charge in [-0.25, -0.2) is 0 Å². The van der Waals surface area contributed by atoms with Gasteiger partial charge < -0.3 is 9.47 Å². The van der Waals surface area contributed by atoms with Crippen LogP contribution in [0.5, 0.6) is 0 Å². The molecule has 3 nitrogen and oxygen atoms in total. The monoisotopic (exact) mass is 265 g/mol. The third kappa shape index (κ3) is 4.89. The summed E-state index contributed by atoms with van der Waals surface area (Å²) in [6.45, 7) is 4.97. The fraction of sp³-hybridized carbons (Fsp3) is 0.357. The molecule has 0 saturated carbocycles. The van der Waals surface area contributed by atoms with Crippen LogP contribution in [-0.2, 0) is 9.47 Å². The van der Waals surface area contributed by atoms with Gasteiger partial charge in [0.2, 0.25) is 0 Å². The first-order chi connectivity index (χ1) is 8.69. The van der Waals surface area contributed by atoms with E-state index >= 15 is 0 Å². The van der Waals surface area contributed by atoms with E-state index in [-0.39, 0.29) is 6.29 Å². The summed E-state index contributed by atoms with van der Waals surface area (Å²) in [5, 5.41) is 9.39. The van der Waals surface area contributed by atoms with Crippen molar-refractivity contribution in [1.82, 2.24) is 0 Å². The van der Waals surface area contributed by atoms with E-state index in [4.69, 9.17) is 26.3 Å². The van der Waals surface area contributed by atoms with Crippen LogP contribution in [0.2, 0.25) is 5.02 Å². The number of benzene rings is 1. The van der Waals surface area contributed by atoms with Crippen molar-refractivity contribution in [3.8, 4) is 6.07 Å². The summed E-state index contributed by atoms with van der Waals surface area (Å²) >= 11 is 5.92. The summed E-state index contributed by atoms with van der Waals surface area (Å²) in [5.74, 6) is 0. The molecule has 0 saturated heterocycles. The summed E-state index contributed by atoms with van der Waals surface area (Å²) in [5.41, 5.74) is 1.38. The number of halogens is 1. The highest BCUT2D eigenvalue weighted by Gasteiger charge is 2.02. The number of ether oxygens (including phenoxy) is 2. The predicted molar refractivity (Wildman–Crippen MR) is 72.2 cm³/mol. The Morgan fingerprint density at radius 3 is 2.50 bits per heavy atom. The molecule has 18 heavy (non-hydrogen) atoms. The van der Waals surface area contributed by atoms with E-state index in [1.54, 1.807) is 24.3 Å². The quantitative estimate of drug-likeness (QED) is 0.738. The van der Waals surface area contributed by atoms with Crippen LogP contribution in [0.25, 0.3) is 6.08 Å². The maximum atomic E-state index is 8.85. The van der Waals surface area contributed by atoms with Crippen LogP contribution in [-0.4, -0.2) is 19.5 Å². The van der Waals surface area contributed by atoms with Gasteiger partial charge in [0.25, 0.3) is 0 Å². The minimum absolute atomic E-state index is 0.371. The zero-order valence-corrected chi connectivity index (χ0v) is 11.3. The topological polar surface area (TPSA) is 42.2 Å². The second kappa shape index (κ2) is 7.88. The van der Waals surface area contributed by atoms with Crippen LogP contribution in [0, 0.1) is 11.3 Å². The molecule has 0 aromatic heterocycles. The van der Waals surface area contributed by atoms with Gasteiger partial charge >= 0.3 is 0 Å². The standard InChI is InChI=1S/C14H16ClNO2/c1-3-17-14(18-4-2)6-5-11-7-12(10-16)9-13(15)8-11/h5-9,14H,3-4H2,1-2H3. The second-order valence-corrected chi connectivity index (χ2v) is 3.96. The molecule has 0 bridgehead atoms. The lowest BCUT2D eigenvalue weighted by molar-refractivity contribution is -0.103. The zero-order valence-electron chi connectivity index (χ0n) is 10.5. The number of nitriles is 1. The van der Waals surface area contributed by atoms with Crippen LogP contribution in [0.4, 0.5) is 0 Å². The molecule has 4 heteroatoms. The largest absolute Gasteiger partial charge is 0.349 e. The van der Waals surface area contributed by atoms with Crippen LogP contribution >= 0.6 is 11.6 Å². The predicted octanol–water partition coefficient (Wildman–Crippen LogP) is 3.62. The molecule has 1 aromatic carbocycles. The van der Waals surface area contributed by atoms with Crippen LogP contribution in [0.1, 0.15) is 25.0 Å². The summed E-state index contributed by atoms with van der Waals surface area (Å²) in [6.07, 6.45) is 3.27. The molecule has 1 aromatic rings. The van der Waals surface area contributed by atoms with Crippen molar-refractivity contribution < 1.29 is 9.47 Å². The Balaban J connectivity index is 2.81. The minimum atomic E-state index is -0.371. The SMILES string of the molecule is CCOC(C=Cc1cc(Cl)cc(C#N)c1)OCC. The van der Waals surface area contributed by atoms with Crippen LogP contribution < -0.4 is 0 Å². The average molecular weight is 266 g/mol. The van der Waals surface area contributed by atoms with Crippen LogP contribution in [0.3, 0.4) is 0 Å². The van der Waals surface area contributed by atoms with Gasteiger partial charge in [-0.1, -0.05) is 17.7 Å². The molecule has 0 unspecified atom stereocenters. The van der Waals surface area contributed by atoms with E-state index < -0.39 is 0 Å². The van der Waals surface area contributed by atoms with Crippen molar-refractivity contribution in [2.24, 2.45) is 0 Å². The number of hydrogen-bond donors (Lipinski definition) is 0. The summed E-state index contributed by atoms with van der Waals surface area (Å²) in [4.78, 5) is 0. The van der Waals surface area contributed by atoms with Crippen LogP contribution in [0.15, 0.2) is 24.3 Å². The average Bonchev–Trinajstić information content (AvgIpc) is 2.36. The van der Waals surface area contributed by atoms with E-state index in [0.717, 1.165) is 5.56 Å². The molecular formula is C14H16ClNO2. The van der Waals surface area contributed by atoms with Gasteiger partial charge in [-0.15, -0.1) is 0 Å². The molecule has 0 N–H and O–H groups in total. The lowest BCUT2D eigenvalue weighted by Gasteiger charge is -2.12. The Bertz CT molecular complexity index is 446. The lowest BCUT2D eigenvalue weighted by Crippen LogP contribution is -2.13. The molecule has 0 spiro atoms. The third-order valence-electron chi connectivity index (χ3n) is 2.16. The molecule has 0 atom stereocenters. The highest BCUT2D eigenvalue weighted by molar-refractivity contribution is 6.30. The Kier molecular flexibility index (Phi) is 6.45. The van der Waals surface area contributed by atoms with Crippen molar-refractivity contribution in [2.45, 2.75) is 20.1 Å². The Labute approximate surface area is 113 Å². The molecule has 0 fully saturated rings. The van der Waals surface area contributed by atoms with Crippen molar-refractivity contribution in [3.63, 3.8) is 0 Å². The Morgan fingerprint density at radius 1 is 1.28 bits per heavy atom. The lowest BCUT2D eigenvalue weighted by atomic mass is 10.1. The number of nitrogens with zero attached hydrogens (tertiary/aromatic N) is 1. The third-order valence-corrected chi connectivity index (χ3v) is 2.38. The summed E-state index contributed by atoms with van der Waals surface area (Å²) in [6, 6.07) is 7.24. The minimum Gasteiger partial charge on any atom is -0.349 e. The molecule has 0 heterocycles. The van der Waals surface area contributed by atoms with Gasteiger partial charge in [0, 0.05) is 18.2 Å². The molecule has 96 valence electrons. The van der Waals surface area contributed by atoms with Crippen molar-refractivity contribution in [2.75, 3.05) is 13.2 Å². The van der Waals surface area contributed by atoms with Gasteiger partial charge in [0.05, 0.1) is 11.6 Å².